The number of nitriles is 1. The second kappa shape index (κ2) is 6.60. The average molecular weight is 420 g/mol. The quantitative estimate of drug-likeness (QED) is 0.316. The highest BCUT2D eigenvalue weighted by molar-refractivity contribution is 14.1. The molecule has 0 bridgehead atoms. The number of aromatic nitrogens is 1. The number of rotatable bonds is 3. The van der Waals surface area contributed by atoms with Crippen LogP contribution in [0, 0.1) is 14.9 Å². The number of thiazole rings is 1. The first-order chi connectivity index (χ1) is 10.2. The van der Waals surface area contributed by atoms with Gasteiger partial charge in [0.05, 0.1) is 15.1 Å². The predicted molar refractivity (Wildman–Crippen MR) is 98.2 cm³/mol. The minimum atomic E-state index is 0.649. The molecule has 0 aliphatic heterocycles. The maximum Gasteiger partial charge on any atom is 0.156 e. The van der Waals surface area contributed by atoms with Gasteiger partial charge in [0.25, 0.3) is 0 Å². The minimum Gasteiger partial charge on any atom is -0.229 e. The van der Waals surface area contributed by atoms with Crippen LogP contribution in [0.2, 0.25) is 0 Å². The molecule has 2 aromatic carbocycles. The molecule has 0 fully saturated rings. The number of benzene rings is 2. The van der Waals surface area contributed by atoms with E-state index in [1.54, 1.807) is 11.3 Å². The van der Waals surface area contributed by atoms with E-state index in [1.807, 2.05) is 48.5 Å². The molecular formula is C16H9IN2S2. The third kappa shape index (κ3) is 3.64. The largest absolute Gasteiger partial charge is 0.229 e. The summed E-state index contributed by atoms with van der Waals surface area (Å²) in [6, 6.07) is 18.3. The molecule has 0 saturated carbocycles. The third-order valence-electron chi connectivity index (χ3n) is 2.73. The van der Waals surface area contributed by atoms with Crippen molar-refractivity contribution in [3.8, 4) is 6.07 Å². The summed E-state index contributed by atoms with van der Waals surface area (Å²) in [5, 5.41) is 9.33. The molecule has 0 atom stereocenters. The van der Waals surface area contributed by atoms with E-state index >= 15 is 0 Å². The lowest BCUT2D eigenvalue weighted by atomic mass is 10.2. The Morgan fingerprint density at radius 3 is 2.86 bits per heavy atom. The lowest BCUT2D eigenvalue weighted by Gasteiger charge is -1.97. The fourth-order valence-corrected chi connectivity index (χ4v) is 4.36. The molecule has 0 radical (unpaired) electrons. The highest BCUT2D eigenvalue weighted by Gasteiger charge is 2.07. The Kier molecular flexibility index (Phi) is 4.58. The Balaban J connectivity index is 1.89. The van der Waals surface area contributed by atoms with Gasteiger partial charge in [0.15, 0.2) is 4.34 Å². The molecule has 102 valence electrons. The number of thioether (sulfide) groups is 1. The van der Waals surface area contributed by atoms with Crippen molar-refractivity contribution in [3.63, 3.8) is 0 Å². The molecule has 1 heterocycles. The summed E-state index contributed by atoms with van der Waals surface area (Å²) in [5.41, 5.74) is 2.02. The Labute approximate surface area is 144 Å². The first kappa shape index (κ1) is 14.6. The highest BCUT2D eigenvalue weighted by Crippen LogP contribution is 2.34. The van der Waals surface area contributed by atoms with Crippen molar-refractivity contribution < 1.29 is 0 Å². The van der Waals surface area contributed by atoms with Crippen LogP contribution in [-0.2, 0) is 0 Å². The van der Waals surface area contributed by atoms with Gasteiger partial charge in [-0.1, -0.05) is 24.3 Å². The van der Waals surface area contributed by atoms with Crippen molar-refractivity contribution in [1.29, 1.82) is 5.26 Å². The van der Waals surface area contributed by atoms with Gasteiger partial charge < -0.3 is 0 Å². The van der Waals surface area contributed by atoms with Gasteiger partial charge in [0.1, 0.15) is 6.07 Å². The topological polar surface area (TPSA) is 36.7 Å². The number of nitrogens with zero attached hydrogens (tertiary/aromatic N) is 2. The van der Waals surface area contributed by atoms with E-state index < -0.39 is 0 Å². The van der Waals surface area contributed by atoms with E-state index in [9.17, 15) is 5.26 Å². The average Bonchev–Trinajstić information content (AvgIpc) is 2.89. The molecule has 0 spiro atoms. The zero-order valence-corrected chi connectivity index (χ0v) is 14.6. The summed E-state index contributed by atoms with van der Waals surface area (Å²) in [6.45, 7) is 0. The third-order valence-corrected chi connectivity index (χ3v) is 5.43. The Bertz CT molecular complexity index is 829. The van der Waals surface area contributed by atoms with Gasteiger partial charge in [-0.15, -0.1) is 11.3 Å². The van der Waals surface area contributed by atoms with Crippen LogP contribution in [0.25, 0.3) is 16.3 Å². The van der Waals surface area contributed by atoms with Crippen LogP contribution in [0.1, 0.15) is 5.56 Å². The van der Waals surface area contributed by atoms with E-state index in [-0.39, 0.29) is 0 Å². The molecular weight excluding hydrogens is 411 g/mol. The second-order valence-corrected chi connectivity index (χ2v) is 7.79. The number of allylic oxidation sites excluding steroid dienone is 1. The van der Waals surface area contributed by atoms with Crippen LogP contribution >= 0.6 is 45.7 Å². The van der Waals surface area contributed by atoms with E-state index in [0.717, 1.165) is 23.7 Å². The molecule has 5 heteroatoms. The highest BCUT2D eigenvalue weighted by atomic mass is 127. The summed E-state index contributed by atoms with van der Waals surface area (Å²) in [4.78, 5) is 5.20. The molecule has 1 aromatic heterocycles. The van der Waals surface area contributed by atoms with Crippen LogP contribution in [-0.4, -0.2) is 4.98 Å². The summed E-state index contributed by atoms with van der Waals surface area (Å²) in [5.74, 6) is 0. The number of halogens is 1. The van der Waals surface area contributed by atoms with Crippen molar-refractivity contribution in [2.75, 3.05) is 0 Å². The van der Waals surface area contributed by atoms with Gasteiger partial charge >= 0.3 is 0 Å². The van der Waals surface area contributed by atoms with E-state index in [1.165, 1.54) is 11.8 Å². The monoisotopic (exact) mass is 420 g/mol. The molecule has 3 aromatic rings. The predicted octanol–water partition coefficient (Wildman–Crippen LogP) is 5.56. The lowest BCUT2D eigenvalue weighted by molar-refractivity contribution is 1.31. The molecule has 0 aliphatic carbocycles. The van der Waals surface area contributed by atoms with Gasteiger partial charge in [-0.05, 0) is 70.3 Å². The smallest absolute Gasteiger partial charge is 0.156 e. The first-order valence-electron chi connectivity index (χ1n) is 6.15. The van der Waals surface area contributed by atoms with Crippen molar-refractivity contribution in [2.24, 2.45) is 0 Å². The van der Waals surface area contributed by atoms with Gasteiger partial charge in [-0.2, -0.15) is 5.26 Å². The summed E-state index contributed by atoms with van der Waals surface area (Å²) >= 11 is 5.30. The second-order valence-electron chi connectivity index (χ2n) is 4.22. The van der Waals surface area contributed by atoms with Gasteiger partial charge in [-0.25, -0.2) is 4.98 Å². The van der Waals surface area contributed by atoms with Crippen molar-refractivity contribution in [1.82, 2.24) is 4.98 Å². The molecule has 3 rings (SSSR count). The molecule has 0 amide bonds. The molecule has 0 saturated heterocycles. The maximum atomic E-state index is 9.33. The van der Waals surface area contributed by atoms with Crippen LogP contribution < -0.4 is 0 Å². The summed E-state index contributed by atoms with van der Waals surface area (Å²) < 4.78 is 3.20. The van der Waals surface area contributed by atoms with Gasteiger partial charge in [-0.3, -0.25) is 0 Å². The Morgan fingerprint density at radius 1 is 1.24 bits per heavy atom. The maximum absolute atomic E-state index is 9.33. The van der Waals surface area contributed by atoms with Crippen molar-refractivity contribution in [2.45, 2.75) is 4.34 Å². The van der Waals surface area contributed by atoms with Crippen molar-refractivity contribution >= 4 is 62.0 Å². The van der Waals surface area contributed by atoms with E-state index in [4.69, 9.17) is 0 Å². The Hall–Kier alpha value is -1.36. The standard InChI is InChI=1S/C16H9IN2S2/c17-12-5-3-4-11(8-12)9-13(10-18)20-16-19-14-6-1-2-7-15(14)21-16/h1-9H. The molecule has 0 N–H and O–H groups in total. The number of hydrogen-bond donors (Lipinski definition) is 0. The summed E-state index contributed by atoms with van der Waals surface area (Å²) in [6.07, 6.45) is 1.90. The zero-order chi connectivity index (χ0) is 14.7. The fraction of sp³-hybridized carbons (Fsp3) is 0. The van der Waals surface area contributed by atoms with E-state index in [0.29, 0.717) is 4.91 Å². The zero-order valence-electron chi connectivity index (χ0n) is 10.8. The van der Waals surface area contributed by atoms with Gasteiger partial charge in [0.2, 0.25) is 0 Å². The number of para-hydroxylation sites is 1. The van der Waals surface area contributed by atoms with Crippen molar-refractivity contribution in [3.05, 3.63) is 62.6 Å². The number of fused-ring (bicyclic) bond motifs is 1. The normalized spacial score (nSPS) is 11.5. The lowest BCUT2D eigenvalue weighted by Crippen LogP contribution is -1.77. The first-order valence-corrected chi connectivity index (χ1v) is 8.86. The van der Waals surface area contributed by atoms with Crippen LogP contribution in [0.3, 0.4) is 0 Å². The molecule has 2 nitrogen and oxygen atoms in total. The molecule has 0 unspecified atom stereocenters. The van der Waals surface area contributed by atoms with Crippen LogP contribution in [0.15, 0.2) is 57.8 Å². The van der Waals surface area contributed by atoms with Crippen LogP contribution in [0.5, 0.6) is 0 Å². The molecule has 21 heavy (non-hydrogen) atoms. The minimum absolute atomic E-state index is 0.649. The van der Waals surface area contributed by atoms with E-state index in [2.05, 4.69) is 39.7 Å². The SMILES string of the molecule is N#CC(=Cc1cccc(I)c1)Sc1nc2ccccc2s1. The summed E-state index contributed by atoms with van der Waals surface area (Å²) in [7, 11) is 0. The molecule has 0 aliphatic rings. The Morgan fingerprint density at radius 2 is 2.10 bits per heavy atom. The van der Waals surface area contributed by atoms with Crippen LogP contribution in [0.4, 0.5) is 0 Å². The van der Waals surface area contributed by atoms with Gasteiger partial charge in [0, 0.05) is 3.57 Å². The number of hydrogen-bond acceptors (Lipinski definition) is 4. The fourth-order valence-electron chi connectivity index (χ4n) is 1.82.